The average Bonchev–Trinajstić information content (AvgIpc) is 3.29. The number of nitro groups is 1. The van der Waals surface area contributed by atoms with Crippen molar-refractivity contribution in [2.75, 3.05) is 11.1 Å². The van der Waals surface area contributed by atoms with Gasteiger partial charge < -0.3 is 11.1 Å². The highest BCUT2D eigenvalue weighted by atomic mass is 32.1. The van der Waals surface area contributed by atoms with Crippen LogP contribution in [-0.2, 0) is 6.54 Å². The Kier molecular flexibility index (Phi) is 4.50. The lowest BCUT2D eigenvalue weighted by Crippen LogP contribution is -2.11. The Morgan fingerprint density at radius 3 is 2.82 bits per heavy atom. The molecule has 0 saturated carbocycles. The summed E-state index contributed by atoms with van der Waals surface area (Å²) in [5.41, 5.74) is 7.64. The van der Waals surface area contributed by atoms with Gasteiger partial charge in [-0.1, -0.05) is 12.1 Å². The smallest absolute Gasteiger partial charge is 0.270 e. The second-order valence-electron chi connectivity index (χ2n) is 6.13. The fraction of sp³-hybridized carbons (Fsp3) is 0.0526. The maximum Gasteiger partial charge on any atom is 0.270 e. The lowest BCUT2D eigenvalue weighted by molar-refractivity contribution is -0.384. The molecule has 3 N–H and O–H groups in total. The maximum atomic E-state index is 12.4. The van der Waals surface area contributed by atoms with E-state index in [1.807, 2.05) is 6.07 Å². The van der Waals surface area contributed by atoms with Crippen LogP contribution in [0.25, 0.3) is 10.9 Å². The molecule has 1 amide bonds. The second kappa shape index (κ2) is 7.12. The van der Waals surface area contributed by atoms with Crippen molar-refractivity contribution in [1.82, 2.24) is 9.78 Å². The van der Waals surface area contributed by atoms with Gasteiger partial charge in [-0.3, -0.25) is 19.6 Å². The Morgan fingerprint density at radius 2 is 2.04 bits per heavy atom. The molecule has 0 aliphatic carbocycles. The molecular formula is C19H15N5O3S. The molecule has 0 aliphatic heterocycles. The summed E-state index contributed by atoms with van der Waals surface area (Å²) in [5, 5.41) is 18.8. The minimum Gasteiger partial charge on any atom is -0.397 e. The van der Waals surface area contributed by atoms with Crippen molar-refractivity contribution >= 4 is 45.2 Å². The first kappa shape index (κ1) is 17.7. The topological polar surface area (TPSA) is 116 Å². The number of carbonyl (C=O) groups is 1. The van der Waals surface area contributed by atoms with Crippen molar-refractivity contribution in [1.29, 1.82) is 0 Å². The number of para-hydroxylation sites is 2. The molecule has 2 aromatic heterocycles. The van der Waals surface area contributed by atoms with Crippen LogP contribution in [0.1, 0.15) is 14.5 Å². The number of rotatable bonds is 5. The van der Waals surface area contributed by atoms with Crippen molar-refractivity contribution in [3.63, 3.8) is 0 Å². The highest BCUT2D eigenvalue weighted by Crippen LogP contribution is 2.24. The molecule has 2 heterocycles. The van der Waals surface area contributed by atoms with Gasteiger partial charge in [0.15, 0.2) is 0 Å². The van der Waals surface area contributed by atoms with Crippen LogP contribution in [-0.4, -0.2) is 20.6 Å². The number of non-ortho nitro benzene ring substituents is 1. The highest BCUT2D eigenvalue weighted by molar-refractivity contribution is 7.14. The summed E-state index contributed by atoms with van der Waals surface area (Å²) in [5.74, 6) is -0.226. The number of fused-ring (bicyclic) bond motifs is 1. The van der Waals surface area contributed by atoms with Gasteiger partial charge in [0.05, 0.1) is 33.2 Å². The zero-order chi connectivity index (χ0) is 19.7. The van der Waals surface area contributed by atoms with Gasteiger partial charge in [0.1, 0.15) is 0 Å². The van der Waals surface area contributed by atoms with E-state index in [0.717, 1.165) is 4.88 Å². The van der Waals surface area contributed by atoms with Crippen LogP contribution in [0.3, 0.4) is 0 Å². The average molecular weight is 393 g/mol. The van der Waals surface area contributed by atoms with E-state index in [-0.39, 0.29) is 11.6 Å². The van der Waals surface area contributed by atoms with Crippen molar-refractivity contribution in [3.05, 3.63) is 80.7 Å². The van der Waals surface area contributed by atoms with Gasteiger partial charge in [-0.15, -0.1) is 11.3 Å². The Balaban J connectivity index is 1.50. The van der Waals surface area contributed by atoms with Crippen molar-refractivity contribution in [3.8, 4) is 0 Å². The molecule has 0 fully saturated rings. The summed E-state index contributed by atoms with van der Waals surface area (Å²) in [6.07, 6.45) is 1.76. The SMILES string of the molecule is Nc1ccccc1NC(=O)c1ccc(Cn2cc3cc([N+](=O)[O-])ccc3n2)s1. The molecule has 0 spiro atoms. The minimum absolute atomic E-state index is 0.0299. The zero-order valence-corrected chi connectivity index (χ0v) is 15.3. The summed E-state index contributed by atoms with van der Waals surface area (Å²) in [7, 11) is 0. The predicted octanol–water partition coefficient (Wildman–Crippen LogP) is 3.89. The third kappa shape index (κ3) is 3.55. The van der Waals surface area contributed by atoms with Gasteiger partial charge in [-0.25, -0.2) is 0 Å². The van der Waals surface area contributed by atoms with Crippen LogP contribution in [0, 0.1) is 10.1 Å². The Hall–Kier alpha value is -3.72. The summed E-state index contributed by atoms with van der Waals surface area (Å²) < 4.78 is 1.71. The first-order valence-electron chi connectivity index (χ1n) is 8.36. The second-order valence-corrected chi connectivity index (χ2v) is 7.30. The van der Waals surface area contributed by atoms with Crippen LogP contribution >= 0.6 is 11.3 Å². The quantitative estimate of drug-likeness (QED) is 0.303. The Labute approximate surface area is 163 Å². The fourth-order valence-electron chi connectivity index (χ4n) is 2.80. The standard InChI is InChI=1S/C19H15N5O3S/c20-15-3-1-2-4-17(15)21-19(25)18-8-6-14(28-18)11-23-10-12-9-13(24(26)27)5-7-16(12)22-23/h1-10H,11,20H2,(H,21,25). The molecule has 9 heteroatoms. The number of nitrogen functional groups attached to an aromatic ring is 1. The number of anilines is 2. The van der Waals surface area contributed by atoms with Crippen molar-refractivity contribution in [2.45, 2.75) is 6.54 Å². The van der Waals surface area contributed by atoms with Gasteiger partial charge >= 0.3 is 0 Å². The first-order chi connectivity index (χ1) is 13.5. The number of nitro benzene ring substituents is 1. The Morgan fingerprint density at radius 1 is 1.21 bits per heavy atom. The number of nitrogens with one attached hydrogen (secondary N) is 1. The summed E-state index contributed by atoms with van der Waals surface area (Å²) >= 11 is 1.36. The van der Waals surface area contributed by atoms with Gasteiger partial charge in [-0.2, -0.15) is 5.10 Å². The van der Waals surface area contributed by atoms with E-state index in [1.54, 1.807) is 47.3 Å². The molecule has 0 bridgehead atoms. The van der Waals surface area contributed by atoms with Gasteiger partial charge in [-0.05, 0) is 30.3 Å². The molecule has 140 valence electrons. The molecule has 0 radical (unpaired) electrons. The number of hydrogen-bond donors (Lipinski definition) is 2. The van der Waals surface area contributed by atoms with Gasteiger partial charge in [0.2, 0.25) is 0 Å². The maximum absolute atomic E-state index is 12.4. The van der Waals surface area contributed by atoms with Crippen LogP contribution in [0.5, 0.6) is 0 Å². The molecule has 2 aromatic carbocycles. The number of aromatic nitrogens is 2. The van der Waals surface area contributed by atoms with Crippen LogP contribution < -0.4 is 11.1 Å². The molecule has 4 aromatic rings. The van der Waals surface area contributed by atoms with E-state index in [4.69, 9.17) is 5.73 Å². The van der Waals surface area contributed by atoms with E-state index in [9.17, 15) is 14.9 Å². The molecule has 0 saturated heterocycles. The fourth-order valence-corrected chi connectivity index (χ4v) is 3.69. The summed E-state index contributed by atoms with van der Waals surface area (Å²) in [6, 6.07) is 15.2. The molecule has 0 atom stereocenters. The third-order valence-corrected chi connectivity index (χ3v) is 5.23. The van der Waals surface area contributed by atoms with Gasteiger partial charge in [0, 0.05) is 28.6 Å². The Bertz CT molecular complexity index is 1200. The number of hydrogen-bond acceptors (Lipinski definition) is 6. The van der Waals surface area contributed by atoms with Crippen molar-refractivity contribution < 1.29 is 9.72 Å². The van der Waals surface area contributed by atoms with E-state index in [1.165, 1.54) is 23.5 Å². The first-order valence-corrected chi connectivity index (χ1v) is 9.17. The predicted molar refractivity (Wildman–Crippen MR) is 109 cm³/mol. The molecule has 4 rings (SSSR count). The number of nitrogens with zero attached hydrogens (tertiary/aromatic N) is 3. The van der Waals surface area contributed by atoms with Crippen LogP contribution in [0.2, 0.25) is 0 Å². The number of thiophene rings is 1. The largest absolute Gasteiger partial charge is 0.397 e. The number of benzene rings is 2. The number of amides is 1. The highest BCUT2D eigenvalue weighted by Gasteiger charge is 2.13. The molecule has 8 nitrogen and oxygen atoms in total. The van der Waals surface area contributed by atoms with E-state index >= 15 is 0 Å². The minimum atomic E-state index is -0.430. The molecule has 0 unspecified atom stereocenters. The number of carbonyl (C=O) groups excluding carboxylic acids is 1. The van der Waals surface area contributed by atoms with Gasteiger partial charge in [0.25, 0.3) is 11.6 Å². The van der Waals surface area contributed by atoms with Crippen LogP contribution in [0.15, 0.2) is 60.8 Å². The summed E-state index contributed by atoms with van der Waals surface area (Å²) in [4.78, 5) is 24.4. The monoisotopic (exact) mass is 393 g/mol. The van der Waals surface area contributed by atoms with E-state index in [0.29, 0.717) is 33.7 Å². The third-order valence-electron chi connectivity index (χ3n) is 4.16. The van der Waals surface area contributed by atoms with Crippen molar-refractivity contribution in [2.24, 2.45) is 0 Å². The zero-order valence-electron chi connectivity index (χ0n) is 14.5. The molecule has 0 aliphatic rings. The number of nitrogens with two attached hydrogens (primary N) is 1. The lowest BCUT2D eigenvalue weighted by Gasteiger charge is -2.06. The molecule has 28 heavy (non-hydrogen) atoms. The lowest BCUT2D eigenvalue weighted by atomic mass is 10.2. The normalized spacial score (nSPS) is 10.9. The summed E-state index contributed by atoms with van der Waals surface area (Å²) in [6.45, 7) is 0.466. The molecular weight excluding hydrogens is 378 g/mol. The van der Waals surface area contributed by atoms with E-state index in [2.05, 4.69) is 10.4 Å². The van der Waals surface area contributed by atoms with E-state index < -0.39 is 4.92 Å². The van der Waals surface area contributed by atoms with Crippen LogP contribution in [0.4, 0.5) is 17.1 Å².